The molecule has 12 atom stereocenters. The molecule has 4 N–H and O–H groups in total. The SMILES string of the molecule is CC(/C=C/C[C@@H](C)[C@H]1CC[C@H]2[C@@H]3[C@H](O)C[C@@H]4C[C@H](O)CC[C@]4(C)[C@H]3C[C@H](O)[C@]12C)C(=O)O. The molecule has 5 nitrogen and oxygen atoms in total. The number of rotatable bonds is 5. The fourth-order valence-corrected chi connectivity index (χ4v) is 8.88. The molecule has 4 fully saturated rings. The number of carbonyl (C=O) groups is 1. The minimum absolute atomic E-state index is 0.102. The molecule has 0 saturated heterocycles. The van der Waals surface area contributed by atoms with Crippen molar-refractivity contribution in [1.29, 1.82) is 0 Å². The molecule has 5 heteroatoms. The van der Waals surface area contributed by atoms with Crippen molar-refractivity contribution >= 4 is 5.97 Å². The number of hydrogen-bond acceptors (Lipinski definition) is 4. The summed E-state index contributed by atoms with van der Waals surface area (Å²) in [5, 5.41) is 42.3. The van der Waals surface area contributed by atoms with Gasteiger partial charge in [0.05, 0.1) is 24.2 Å². The molecule has 1 unspecified atom stereocenters. The Balaban J connectivity index is 1.54. The van der Waals surface area contributed by atoms with E-state index in [1.807, 2.05) is 6.08 Å². The maximum Gasteiger partial charge on any atom is 0.310 e. The van der Waals surface area contributed by atoms with Gasteiger partial charge in [-0.15, -0.1) is 0 Å². The molecule has 0 bridgehead atoms. The van der Waals surface area contributed by atoms with Gasteiger partial charge in [-0.2, -0.15) is 0 Å². The highest BCUT2D eigenvalue weighted by molar-refractivity contribution is 5.71. The zero-order valence-electron chi connectivity index (χ0n) is 20.3. The second-order valence-corrected chi connectivity index (χ2v) is 12.3. The molecule has 0 aromatic rings. The van der Waals surface area contributed by atoms with E-state index in [2.05, 4.69) is 20.8 Å². The predicted octanol–water partition coefficient (Wildman–Crippen LogP) is 4.25. The molecule has 4 saturated carbocycles. The smallest absolute Gasteiger partial charge is 0.310 e. The van der Waals surface area contributed by atoms with Gasteiger partial charge in [-0.3, -0.25) is 4.79 Å². The molecule has 0 aromatic heterocycles. The standard InChI is InChI=1S/C27H44O5/c1-15(6-5-7-16(2)25(31)32)19-8-9-20-24-21(14-23(30)27(19,20)4)26(3)11-10-18(28)12-17(26)13-22(24)29/h5,7,15-24,28-30H,6,8-14H2,1-4H3,(H,31,32)/b7-5+/t15-,16?,17+,18-,19-,20+,21+,22-,23+,24+,26+,27-/m1/s1. The third-order valence-corrected chi connectivity index (χ3v) is 10.8. The van der Waals surface area contributed by atoms with Crippen LogP contribution >= 0.6 is 0 Å². The van der Waals surface area contributed by atoms with Crippen molar-refractivity contribution in [3.8, 4) is 0 Å². The number of hydrogen-bond donors (Lipinski definition) is 4. The number of carboxylic acid groups (broad SMARTS) is 1. The summed E-state index contributed by atoms with van der Waals surface area (Å²) in [6.07, 6.45) is 9.93. The van der Waals surface area contributed by atoms with Crippen LogP contribution in [0.4, 0.5) is 0 Å². The van der Waals surface area contributed by atoms with Crippen LogP contribution in [0.2, 0.25) is 0 Å². The number of fused-ring (bicyclic) bond motifs is 5. The maximum atomic E-state index is 11.6. The second-order valence-electron chi connectivity index (χ2n) is 12.3. The number of carboxylic acids is 1. The molecular formula is C27H44O5. The topological polar surface area (TPSA) is 98.0 Å². The van der Waals surface area contributed by atoms with Gasteiger partial charge in [-0.05, 0) is 105 Å². The lowest BCUT2D eigenvalue weighted by atomic mass is 9.43. The van der Waals surface area contributed by atoms with Gasteiger partial charge in [0.25, 0.3) is 0 Å². The molecule has 0 amide bonds. The first kappa shape index (κ1) is 24.2. The van der Waals surface area contributed by atoms with E-state index in [9.17, 15) is 20.1 Å². The van der Waals surface area contributed by atoms with Crippen LogP contribution < -0.4 is 0 Å². The van der Waals surface area contributed by atoms with E-state index in [1.165, 1.54) is 0 Å². The van der Waals surface area contributed by atoms with Crippen LogP contribution in [-0.2, 0) is 4.79 Å². The van der Waals surface area contributed by atoms with E-state index >= 15 is 0 Å². The molecule has 4 aliphatic rings. The summed E-state index contributed by atoms with van der Waals surface area (Å²) in [7, 11) is 0. The highest BCUT2D eigenvalue weighted by Gasteiger charge is 2.65. The normalized spacial score (nSPS) is 50.3. The molecule has 0 heterocycles. The van der Waals surface area contributed by atoms with Gasteiger partial charge in [0.2, 0.25) is 0 Å². The average molecular weight is 449 g/mol. The Bertz CT molecular complexity index is 736. The highest BCUT2D eigenvalue weighted by Crippen LogP contribution is 2.68. The molecule has 182 valence electrons. The Morgan fingerprint density at radius 1 is 1.03 bits per heavy atom. The van der Waals surface area contributed by atoms with Crippen molar-refractivity contribution < 1.29 is 25.2 Å². The van der Waals surface area contributed by atoms with Crippen LogP contribution in [0.5, 0.6) is 0 Å². The quantitative estimate of drug-likeness (QED) is 0.471. The maximum absolute atomic E-state index is 11.6. The molecule has 32 heavy (non-hydrogen) atoms. The molecule has 0 aromatic carbocycles. The molecule has 4 rings (SSSR count). The number of aliphatic hydroxyl groups is 3. The van der Waals surface area contributed by atoms with Gasteiger partial charge in [-0.25, -0.2) is 0 Å². The summed E-state index contributed by atoms with van der Waals surface area (Å²) in [5.41, 5.74) is -0.101. The van der Waals surface area contributed by atoms with Crippen molar-refractivity contribution in [2.75, 3.05) is 0 Å². The lowest BCUT2D eigenvalue weighted by Gasteiger charge is -2.63. The summed E-state index contributed by atoms with van der Waals surface area (Å²) >= 11 is 0. The van der Waals surface area contributed by atoms with E-state index < -0.39 is 11.9 Å². The first-order chi connectivity index (χ1) is 15.0. The summed E-state index contributed by atoms with van der Waals surface area (Å²) in [6.45, 7) is 8.57. The molecule has 0 aliphatic heterocycles. The number of allylic oxidation sites excluding steroid dienone is 1. The Labute approximate surface area is 193 Å². The van der Waals surface area contributed by atoms with Crippen LogP contribution in [0, 0.1) is 52.3 Å². The third kappa shape index (κ3) is 3.76. The zero-order valence-corrected chi connectivity index (χ0v) is 20.3. The van der Waals surface area contributed by atoms with Gasteiger partial charge in [-0.1, -0.05) is 32.9 Å². The van der Waals surface area contributed by atoms with E-state index in [1.54, 1.807) is 13.0 Å². The number of aliphatic hydroxyl groups excluding tert-OH is 3. The van der Waals surface area contributed by atoms with Crippen molar-refractivity contribution in [2.24, 2.45) is 52.3 Å². The van der Waals surface area contributed by atoms with E-state index in [4.69, 9.17) is 5.11 Å². The minimum Gasteiger partial charge on any atom is -0.481 e. The summed E-state index contributed by atoms with van der Waals surface area (Å²) in [4.78, 5) is 11.1. The number of aliphatic carboxylic acids is 1. The van der Waals surface area contributed by atoms with Gasteiger partial charge >= 0.3 is 5.97 Å². The van der Waals surface area contributed by atoms with Gasteiger partial charge in [0, 0.05) is 0 Å². The van der Waals surface area contributed by atoms with Gasteiger partial charge in [0.1, 0.15) is 0 Å². The lowest BCUT2D eigenvalue weighted by molar-refractivity contribution is -0.206. The van der Waals surface area contributed by atoms with Crippen molar-refractivity contribution in [2.45, 2.75) is 97.4 Å². The summed E-state index contributed by atoms with van der Waals surface area (Å²) < 4.78 is 0. The van der Waals surface area contributed by atoms with E-state index in [0.717, 1.165) is 51.4 Å². The Morgan fingerprint density at radius 3 is 2.44 bits per heavy atom. The van der Waals surface area contributed by atoms with E-state index in [0.29, 0.717) is 29.6 Å². The van der Waals surface area contributed by atoms with E-state index in [-0.39, 0.29) is 35.1 Å². The Kier molecular flexibility index (Phi) is 6.59. The van der Waals surface area contributed by atoms with Gasteiger partial charge < -0.3 is 20.4 Å². The van der Waals surface area contributed by atoms with Crippen LogP contribution in [0.1, 0.15) is 79.1 Å². The van der Waals surface area contributed by atoms with Crippen LogP contribution in [0.25, 0.3) is 0 Å². The minimum atomic E-state index is -0.802. The van der Waals surface area contributed by atoms with Crippen molar-refractivity contribution in [3.63, 3.8) is 0 Å². The predicted molar refractivity (Wildman–Crippen MR) is 124 cm³/mol. The van der Waals surface area contributed by atoms with Crippen LogP contribution in [0.15, 0.2) is 12.2 Å². The second kappa shape index (κ2) is 8.70. The summed E-state index contributed by atoms with van der Waals surface area (Å²) in [5.74, 6) is 0.684. The largest absolute Gasteiger partial charge is 0.481 e. The zero-order chi connectivity index (χ0) is 23.4. The van der Waals surface area contributed by atoms with Crippen molar-refractivity contribution in [3.05, 3.63) is 12.2 Å². The average Bonchev–Trinajstić information content (AvgIpc) is 3.08. The highest BCUT2D eigenvalue weighted by atomic mass is 16.4. The van der Waals surface area contributed by atoms with Crippen LogP contribution in [0.3, 0.4) is 0 Å². The van der Waals surface area contributed by atoms with Crippen molar-refractivity contribution in [1.82, 2.24) is 0 Å². The lowest BCUT2D eigenvalue weighted by Crippen LogP contribution is -2.62. The molecular weight excluding hydrogens is 404 g/mol. The fourth-order valence-electron chi connectivity index (χ4n) is 8.88. The van der Waals surface area contributed by atoms with Crippen LogP contribution in [-0.4, -0.2) is 44.7 Å². The molecule has 4 aliphatic carbocycles. The molecule has 0 spiro atoms. The first-order valence-corrected chi connectivity index (χ1v) is 12.9. The fraction of sp³-hybridized carbons (Fsp3) is 0.889. The third-order valence-electron chi connectivity index (χ3n) is 10.8. The monoisotopic (exact) mass is 448 g/mol. The van der Waals surface area contributed by atoms with Gasteiger partial charge in [0.15, 0.2) is 0 Å². The Morgan fingerprint density at radius 2 is 1.75 bits per heavy atom. The summed E-state index contributed by atoms with van der Waals surface area (Å²) in [6, 6.07) is 0. The molecule has 0 radical (unpaired) electrons. The Hall–Kier alpha value is -0.910. The first-order valence-electron chi connectivity index (χ1n) is 12.9.